The summed E-state index contributed by atoms with van der Waals surface area (Å²) < 4.78 is 11.0. The van der Waals surface area contributed by atoms with Crippen molar-refractivity contribution in [3.63, 3.8) is 0 Å². The molecule has 1 atom stereocenters. The Morgan fingerprint density at radius 3 is 2.92 bits per heavy atom. The standard InChI is InChI=1S/C18H24N4O4/c1-18(2)10-12(7-8-26-18)16(23)22(11-15-19-17(24)21-20-15)13-5-4-6-14(9-13)25-3/h4-6,9,12H,7-8,10-11H2,1-3H3,(H2,19,20,21,24)/t12-/m0/s1. The Hall–Kier alpha value is -2.61. The highest BCUT2D eigenvalue weighted by atomic mass is 16.5. The fourth-order valence-corrected chi connectivity index (χ4v) is 3.27. The van der Waals surface area contributed by atoms with Crippen molar-refractivity contribution < 1.29 is 14.3 Å². The van der Waals surface area contributed by atoms with Crippen molar-refractivity contribution in [2.75, 3.05) is 18.6 Å². The molecule has 0 unspecified atom stereocenters. The molecule has 1 aliphatic rings. The van der Waals surface area contributed by atoms with Crippen molar-refractivity contribution in [3.8, 4) is 5.75 Å². The lowest BCUT2D eigenvalue weighted by molar-refractivity contribution is -0.132. The second-order valence-electron chi connectivity index (χ2n) is 7.05. The van der Waals surface area contributed by atoms with E-state index in [4.69, 9.17) is 9.47 Å². The van der Waals surface area contributed by atoms with E-state index in [1.54, 1.807) is 18.1 Å². The summed E-state index contributed by atoms with van der Waals surface area (Å²) >= 11 is 0. The summed E-state index contributed by atoms with van der Waals surface area (Å²) in [6.07, 6.45) is 1.31. The van der Waals surface area contributed by atoms with Crippen molar-refractivity contribution in [1.29, 1.82) is 0 Å². The summed E-state index contributed by atoms with van der Waals surface area (Å²) in [7, 11) is 1.58. The monoisotopic (exact) mass is 360 g/mol. The first-order valence-corrected chi connectivity index (χ1v) is 8.61. The molecule has 0 bridgehead atoms. The van der Waals surface area contributed by atoms with Crippen LogP contribution in [0.1, 0.15) is 32.5 Å². The summed E-state index contributed by atoms with van der Waals surface area (Å²) in [5, 5.41) is 6.27. The third-order valence-electron chi connectivity index (χ3n) is 4.54. The normalized spacial score (nSPS) is 19.1. The van der Waals surface area contributed by atoms with Crippen LogP contribution < -0.4 is 15.3 Å². The van der Waals surface area contributed by atoms with E-state index in [2.05, 4.69) is 15.2 Å². The highest BCUT2D eigenvalue weighted by Crippen LogP contribution is 2.32. The van der Waals surface area contributed by atoms with Crippen LogP contribution in [0.25, 0.3) is 0 Å². The fraction of sp³-hybridized carbons (Fsp3) is 0.500. The van der Waals surface area contributed by atoms with Gasteiger partial charge in [-0.1, -0.05) is 6.07 Å². The van der Waals surface area contributed by atoms with Gasteiger partial charge in [-0.3, -0.25) is 9.78 Å². The second kappa shape index (κ2) is 7.33. The zero-order valence-electron chi connectivity index (χ0n) is 15.2. The molecule has 1 aromatic heterocycles. The minimum atomic E-state index is -0.398. The van der Waals surface area contributed by atoms with E-state index in [0.29, 0.717) is 36.7 Å². The summed E-state index contributed by atoms with van der Waals surface area (Å²) in [6, 6.07) is 7.29. The van der Waals surface area contributed by atoms with Gasteiger partial charge in [0.1, 0.15) is 5.75 Å². The number of methoxy groups -OCH3 is 1. The van der Waals surface area contributed by atoms with Crippen molar-refractivity contribution in [3.05, 3.63) is 40.6 Å². The number of aromatic nitrogens is 3. The van der Waals surface area contributed by atoms with Gasteiger partial charge in [0.05, 0.1) is 19.3 Å². The van der Waals surface area contributed by atoms with Gasteiger partial charge >= 0.3 is 5.69 Å². The highest BCUT2D eigenvalue weighted by molar-refractivity contribution is 5.95. The number of carbonyl (C=O) groups excluding carboxylic acids is 1. The van der Waals surface area contributed by atoms with E-state index in [0.717, 1.165) is 0 Å². The number of nitrogens with one attached hydrogen (secondary N) is 2. The topological polar surface area (TPSA) is 100 Å². The Kier molecular flexibility index (Phi) is 5.13. The summed E-state index contributed by atoms with van der Waals surface area (Å²) in [5.41, 5.74) is -0.0352. The van der Waals surface area contributed by atoms with Crippen LogP contribution in [0.3, 0.4) is 0 Å². The number of amides is 1. The number of aromatic amines is 2. The Morgan fingerprint density at radius 1 is 1.46 bits per heavy atom. The first kappa shape index (κ1) is 18.2. The first-order valence-electron chi connectivity index (χ1n) is 8.61. The number of benzene rings is 1. The molecule has 1 aliphatic heterocycles. The average molecular weight is 360 g/mol. The molecule has 0 spiro atoms. The third-order valence-corrected chi connectivity index (χ3v) is 4.54. The second-order valence-corrected chi connectivity index (χ2v) is 7.05. The minimum Gasteiger partial charge on any atom is -0.497 e. The molecule has 1 aromatic carbocycles. The number of rotatable bonds is 5. The van der Waals surface area contributed by atoms with Crippen LogP contribution in [0.4, 0.5) is 5.69 Å². The Balaban J connectivity index is 1.91. The number of carbonyl (C=O) groups is 1. The van der Waals surface area contributed by atoms with Gasteiger partial charge in [-0.25, -0.2) is 9.89 Å². The number of anilines is 1. The Morgan fingerprint density at radius 2 is 2.27 bits per heavy atom. The molecule has 0 radical (unpaired) electrons. The first-order chi connectivity index (χ1) is 12.4. The molecule has 1 amide bonds. The minimum absolute atomic E-state index is 0.0153. The van der Waals surface area contributed by atoms with E-state index in [9.17, 15) is 9.59 Å². The maximum absolute atomic E-state index is 13.3. The summed E-state index contributed by atoms with van der Waals surface area (Å²) in [4.78, 5) is 28.9. The Bertz CT molecular complexity index is 826. The van der Waals surface area contributed by atoms with Crippen molar-refractivity contribution in [1.82, 2.24) is 15.2 Å². The smallest absolute Gasteiger partial charge is 0.340 e. The van der Waals surface area contributed by atoms with Crippen LogP contribution in [-0.4, -0.2) is 40.4 Å². The van der Waals surface area contributed by atoms with E-state index >= 15 is 0 Å². The van der Waals surface area contributed by atoms with E-state index in [1.165, 1.54) is 0 Å². The molecule has 2 aromatic rings. The number of ether oxygens (including phenoxy) is 2. The van der Waals surface area contributed by atoms with E-state index in [-0.39, 0.29) is 24.0 Å². The molecule has 1 saturated heterocycles. The van der Waals surface area contributed by atoms with Gasteiger partial charge in [0.2, 0.25) is 5.91 Å². The fourth-order valence-electron chi connectivity index (χ4n) is 3.27. The number of hydrogen-bond donors (Lipinski definition) is 2. The molecule has 0 saturated carbocycles. The van der Waals surface area contributed by atoms with Crippen LogP contribution >= 0.6 is 0 Å². The van der Waals surface area contributed by atoms with Crippen molar-refractivity contribution in [2.24, 2.45) is 5.92 Å². The zero-order valence-corrected chi connectivity index (χ0v) is 15.2. The van der Waals surface area contributed by atoms with Crippen LogP contribution in [0.5, 0.6) is 5.75 Å². The number of H-pyrrole nitrogens is 2. The SMILES string of the molecule is COc1cccc(N(Cc2n[nH]c(=O)[nH]2)C(=O)[C@H]2CCOC(C)(C)C2)c1. The molecule has 26 heavy (non-hydrogen) atoms. The summed E-state index contributed by atoms with van der Waals surface area (Å²) in [5.74, 6) is 0.884. The highest BCUT2D eigenvalue weighted by Gasteiger charge is 2.35. The zero-order chi connectivity index (χ0) is 18.7. The number of hydrogen-bond acceptors (Lipinski definition) is 5. The molecular formula is C18H24N4O4. The van der Waals surface area contributed by atoms with E-state index in [1.807, 2.05) is 32.0 Å². The van der Waals surface area contributed by atoms with Gasteiger partial charge < -0.3 is 14.4 Å². The quantitative estimate of drug-likeness (QED) is 0.847. The molecule has 8 heteroatoms. The molecule has 2 heterocycles. The largest absolute Gasteiger partial charge is 0.497 e. The molecule has 3 rings (SSSR count). The Labute approximate surface area is 151 Å². The van der Waals surface area contributed by atoms with E-state index < -0.39 is 5.69 Å². The third kappa shape index (κ3) is 4.13. The van der Waals surface area contributed by atoms with Gasteiger partial charge in [0, 0.05) is 24.3 Å². The summed E-state index contributed by atoms with van der Waals surface area (Å²) in [6.45, 7) is 4.71. The van der Waals surface area contributed by atoms with Gasteiger partial charge in [0.25, 0.3) is 0 Å². The van der Waals surface area contributed by atoms with Gasteiger partial charge in [-0.15, -0.1) is 0 Å². The van der Waals surface area contributed by atoms with Crippen LogP contribution in [0.15, 0.2) is 29.1 Å². The van der Waals surface area contributed by atoms with Gasteiger partial charge in [-0.05, 0) is 38.8 Å². The lowest BCUT2D eigenvalue weighted by Gasteiger charge is -2.37. The van der Waals surface area contributed by atoms with Crippen LogP contribution in [0, 0.1) is 5.92 Å². The van der Waals surface area contributed by atoms with Gasteiger partial charge in [-0.2, -0.15) is 5.10 Å². The van der Waals surface area contributed by atoms with Crippen LogP contribution in [-0.2, 0) is 16.1 Å². The van der Waals surface area contributed by atoms with Crippen molar-refractivity contribution >= 4 is 11.6 Å². The van der Waals surface area contributed by atoms with Gasteiger partial charge in [0.15, 0.2) is 5.82 Å². The predicted molar refractivity (Wildman–Crippen MR) is 96.1 cm³/mol. The maximum Gasteiger partial charge on any atom is 0.340 e. The maximum atomic E-state index is 13.3. The molecule has 1 fully saturated rings. The molecule has 8 nitrogen and oxygen atoms in total. The molecule has 140 valence electrons. The average Bonchev–Trinajstić information content (AvgIpc) is 3.03. The van der Waals surface area contributed by atoms with Crippen LogP contribution in [0.2, 0.25) is 0 Å². The lowest BCUT2D eigenvalue weighted by atomic mass is 9.87. The molecule has 0 aliphatic carbocycles. The molecule has 2 N–H and O–H groups in total. The molecular weight excluding hydrogens is 336 g/mol. The van der Waals surface area contributed by atoms with Crippen molar-refractivity contribution in [2.45, 2.75) is 38.8 Å². The predicted octanol–water partition coefficient (Wildman–Crippen LogP) is 1.84. The number of nitrogens with zero attached hydrogens (tertiary/aromatic N) is 2. The lowest BCUT2D eigenvalue weighted by Crippen LogP contribution is -2.43.